The molecule has 0 radical (unpaired) electrons. The minimum Gasteiger partial charge on any atom is -0.448 e. The maximum atomic E-state index is 12.0. The summed E-state index contributed by atoms with van der Waals surface area (Å²) in [6.45, 7) is 1.48. The summed E-state index contributed by atoms with van der Waals surface area (Å²) in [4.78, 5) is 35.1. The number of ether oxygens (including phenoxy) is 1. The fourth-order valence-corrected chi connectivity index (χ4v) is 2.23. The summed E-state index contributed by atoms with van der Waals surface area (Å²) in [5.41, 5.74) is 5.96. The van der Waals surface area contributed by atoms with Crippen LogP contribution in [0.15, 0.2) is 41.8 Å². The molecule has 2 amide bonds. The molecule has 0 aliphatic carbocycles. The Bertz CT molecular complexity index is 680. The molecule has 0 bridgehead atoms. The molecule has 0 unspecified atom stereocenters. The first-order chi connectivity index (χ1) is 10.5. The molecule has 22 heavy (non-hydrogen) atoms. The molecular formula is C15H14N2O4S. The standard InChI is InChI=1S/C15H14N2O4S/c1-9(21-15(20)12-3-2-8-22-12)14(19)17-11-6-4-10(5-7-11)13(16)18/h2-9H,1H3,(H2,16,18)(H,17,19)/t9-/m0/s1. The molecule has 6 nitrogen and oxygen atoms in total. The van der Waals surface area contributed by atoms with Gasteiger partial charge in [0.25, 0.3) is 5.91 Å². The Hall–Kier alpha value is -2.67. The number of primary amides is 1. The number of carbonyl (C=O) groups excluding carboxylic acids is 3. The van der Waals surface area contributed by atoms with E-state index in [0.29, 0.717) is 16.1 Å². The normalized spacial score (nSPS) is 11.5. The minimum absolute atomic E-state index is 0.343. The number of nitrogens with two attached hydrogens (primary N) is 1. The molecule has 3 N–H and O–H groups in total. The van der Waals surface area contributed by atoms with Crippen LogP contribution < -0.4 is 11.1 Å². The molecule has 1 heterocycles. The Labute approximate surface area is 130 Å². The van der Waals surface area contributed by atoms with Crippen LogP contribution in [0.5, 0.6) is 0 Å². The van der Waals surface area contributed by atoms with E-state index in [1.807, 2.05) is 0 Å². The number of carbonyl (C=O) groups is 3. The van der Waals surface area contributed by atoms with E-state index in [1.54, 1.807) is 29.6 Å². The van der Waals surface area contributed by atoms with E-state index in [9.17, 15) is 14.4 Å². The van der Waals surface area contributed by atoms with Crippen molar-refractivity contribution in [2.75, 3.05) is 5.32 Å². The number of rotatable bonds is 5. The van der Waals surface area contributed by atoms with Gasteiger partial charge in [-0.3, -0.25) is 9.59 Å². The zero-order valence-electron chi connectivity index (χ0n) is 11.7. The van der Waals surface area contributed by atoms with Crippen LogP contribution >= 0.6 is 11.3 Å². The Morgan fingerprint density at radius 1 is 1.18 bits per heavy atom. The van der Waals surface area contributed by atoms with Crippen molar-refractivity contribution in [3.63, 3.8) is 0 Å². The van der Waals surface area contributed by atoms with E-state index >= 15 is 0 Å². The van der Waals surface area contributed by atoms with Gasteiger partial charge in [-0.15, -0.1) is 11.3 Å². The van der Waals surface area contributed by atoms with Gasteiger partial charge in [0.1, 0.15) is 4.88 Å². The summed E-state index contributed by atoms with van der Waals surface area (Å²) in [5, 5.41) is 4.35. The van der Waals surface area contributed by atoms with Crippen molar-refractivity contribution >= 4 is 34.8 Å². The van der Waals surface area contributed by atoms with Gasteiger partial charge >= 0.3 is 5.97 Å². The number of hydrogen-bond donors (Lipinski definition) is 2. The molecule has 2 aromatic rings. The van der Waals surface area contributed by atoms with E-state index in [0.717, 1.165) is 0 Å². The summed E-state index contributed by atoms with van der Waals surface area (Å²) in [7, 11) is 0. The molecule has 2 rings (SSSR count). The maximum absolute atomic E-state index is 12.0. The van der Waals surface area contributed by atoms with Crippen LogP contribution in [0, 0.1) is 0 Å². The second kappa shape index (κ2) is 6.86. The van der Waals surface area contributed by atoms with Gasteiger partial charge in [0.15, 0.2) is 6.10 Å². The number of benzene rings is 1. The largest absolute Gasteiger partial charge is 0.448 e. The smallest absolute Gasteiger partial charge is 0.349 e. The fraction of sp³-hybridized carbons (Fsp3) is 0.133. The SMILES string of the molecule is C[C@H](OC(=O)c1cccs1)C(=O)Nc1ccc(C(N)=O)cc1. The van der Waals surface area contributed by atoms with Crippen LogP contribution in [-0.4, -0.2) is 23.9 Å². The van der Waals surface area contributed by atoms with Crippen LogP contribution in [0.2, 0.25) is 0 Å². The lowest BCUT2D eigenvalue weighted by Crippen LogP contribution is -2.29. The van der Waals surface area contributed by atoms with Gasteiger partial charge in [-0.1, -0.05) is 6.07 Å². The highest BCUT2D eigenvalue weighted by atomic mass is 32.1. The van der Waals surface area contributed by atoms with Crippen molar-refractivity contribution in [1.29, 1.82) is 0 Å². The Morgan fingerprint density at radius 3 is 2.41 bits per heavy atom. The number of amides is 2. The lowest BCUT2D eigenvalue weighted by molar-refractivity contribution is -0.123. The third kappa shape index (κ3) is 3.92. The van der Waals surface area contributed by atoms with Gasteiger partial charge in [-0.25, -0.2) is 4.79 Å². The first-order valence-corrected chi connectivity index (χ1v) is 7.30. The first kappa shape index (κ1) is 15.7. The van der Waals surface area contributed by atoms with E-state index in [4.69, 9.17) is 10.5 Å². The van der Waals surface area contributed by atoms with E-state index in [2.05, 4.69) is 5.32 Å². The van der Waals surface area contributed by atoms with Gasteiger partial charge in [-0.05, 0) is 42.6 Å². The molecule has 114 valence electrons. The number of anilines is 1. The molecule has 7 heteroatoms. The van der Waals surface area contributed by atoms with E-state index in [1.165, 1.54) is 30.4 Å². The van der Waals surface area contributed by atoms with Crippen LogP contribution in [0.1, 0.15) is 27.0 Å². The number of esters is 1. The summed E-state index contributed by atoms with van der Waals surface area (Å²) in [6, 6.07) is 9.45. The summed E-state index contributed by atoms with van der Waals surface area (Å²) in [5.74, 6) is -1.55. The van der Waals surface area contributed by atoms with Crippen LogP contribution in [0.4, 0.5) is 5.69 Å². The topological polar surface area (TPSA) is 98.5 Å². The predicted molar refractivity (Wildman–Crippen MR) is 82.8 cm³/mol. The average Bonchev–Trinajstić information content (AvgIpc) is 3.02. The van der Waals surface area contributed by atoms with Crippen LogP contribution in [0.25, 0.3) is 0 Å². The quantitative estimate of drug-likeness (QED) is 0.824. The molecule has 1 aromatic carbocycles. The first-order valence-electron chi connectivity index (χ1n) is 6.42. The molecule has 0 saturated heterocycles. The summed E-state index contributed by atoms with van der Waals surface area (Å²) < 4.78 is 5.08. The second-order valence-electron chi connectivity index (χ2n) is 4.46. The molecule has 0 saturated carbocycles. The van der Waals surface area contributed by atoms with Gasteiger partial charge in [0.2, 0.25) is 5.91 Å². The van der Waals surface area contributed by atoms with Gasteiger partial charge < -0.3 is 15.8 Å². The molecule has 0 fully saturated rings. The lowest BCUT2D eigenvalue weighted by atomic mass is 10.2. The van der Waals surface area contributed by atoms with E-state index < -0.39 is 23.9 Å². The highest BCUT2D eigenvalue weighted by Gasteiger charge is 2.19. The zero-order chi connectivity index (χ0) is 16.1. The van der Waals surface area contributed by atoms with Gasteiger partial charge in [0.05, 0.1) is 0 Å². The third-order valence-corrected chi connectivity index (χ3v) is 3.66. The van der Waals surface area contributed by atoms with E-state index in [-0.39, 0.29) is 0 Å². The Morgan fingerprint density at radius 2 is 1.86 bits per heavy atom. The van der Waals surface area contributed by atoms with Crippen molar-refractivity contribution in [1.82, 2.24) is 0 Å². The number of nitrogens with one attached hydrogen (secondary N) is 1. The zero-order valence-corrected chi connectivity index (χ0v) is 12.6. The number of thiophene rings is 1. The number of hydrogen-bond acceptors (Lipinski definition) is 5. The summed E-state index contributed by atoms with van der Waals surface area (Å²) >= 11 is 1.24. The highest BCUT2D eigenvalue weighted by Crippen LogP contribution is 2.13. The Balaban J connectivity index is 1.93. The molecule has 0 aliphatic heterocycles. The van der Waals surface area contributed by atoms with Crippen molar-refractivity contribution < 1.29 is 19.1 Å². The highest BCUT2D eigenvalue weighted by molar-refractivity contribution is 7.11. The predicted octanol–water partition coefficient (Wildman–Crippen LogP) is 2.03. The fourth-order valence-electron chi connectivity index (χ4n) is 1.63. The van der Waals surface area contributed by atoms with Crippen molar-refractivity contribution in [2.24, 2.45) is 5.73 Å². The average molecular weight is 318 g/mol. The second-order valence-corrected chi connectivity index (χ2v) is 5.40. The molecular weight excluding hydrogens is 304 g/mol. The van der Waals surface area contributed by atoms with Gasteiger partial charge in [0, 0.05) is 11.3 Å². The molecule has 0 aliphatic rings. The Kier molecular flexibility index (Phi) is 4.90. The van der Waals surface area contributed by atoms with Crippen LogP contribution in [0.3, 0.4) is 0 Å². The van der Waals surface area contributed by atoms with Crippen molar-refractivity contribution in [3.05, 3.63) is 52.2 Å². The van der Waals surface area contributed by atoms with Crippen molar-refractivity contribution in [3.8, 4) is 0 Å². The van der Waals surface area contributed by atoms with Gasteiger partial charge in [-0.2, -0.15) is 0 Å². The summed E-state index contributed by atoms with van der Waals surface area (Å²) in [6.07, 6.45) is -0.939. The lowest BCUT2D eigenvalue weighted by Gasteiger charge is -2.13. The molecule has 0 spiro atoms. The van der Waals surface area contributed by atoms with Crippen molar-refractivity contribution in [2.45, 2.75) is 13.0 Å². The minimum atomic E-state index is -0.939. The molecule has 1 atom stereocenters. The molecule has 1 aromatic heterocycles. The monoisotopic (exact) mass is 318 g/mol. The third-order valence-electron chi connectivity index (χ3n) is 2.81. The van der Waals surface area contributed by atoms with Crippen LogP contribution in [-0.2, 0) is 9.53 Å². The maximum Gasteiger partial charge on any atom is 0.349 e.